The van der Waals surface area contributed by atoms with E-state index in [1.807, 2.05) is 79.7 Å². The number of aromatic carboxylic acids is 4. The fourth-order valence-electron chi connectivity index (χ4n) is 6.91. The van der Waals surface area contributed by atoms with Crippen LogP contribution < -0.4 is 20.4 Å². The van der Waals surface area contributed by atoms with E-state index in [1.165, 1.54) is 61.1 Å². The molecule has 70 heavy (non-hydrogen) atoms. The molecule has 10 nitrogen and oxygen atoms in total. The molecule has 2 heterocycles. The van der Waals surface area contributed by atoms with E-state index in [9.17, 15) is 39.6 Å². The van der Waals surface area contributed by atoms with Crippen LogP contribution in [0.15, 0.2) is 86.0 Å². The van der Waals surface area contributed by atoms with Crippen molar-refractivity contribution in [3.05, 3.63) is 153 Å². The van der Waals surface area contributed by atoms with Crippen molar-refractivity contribution < 1.29 is 91.2 Å². The van der Waals surface area contributed by atoms with Crippen molar-refractivity contribution in [2.45, 2.75) is 144 Å². The molecule has 2 fully saturated rings. The van der Waals surface area contributed by atoms with E-state index >= 15 is 0 Å². The van der Waals surface area contributed by atoms with Gasteiger partial charge in [-0.1, -0.05) is 181 Å². The van der Waals surface area contributed by atoms with Gasteiger partial charge >= 0.3 is 42.1 Å². The Labute approximate surface area is 447 Å². The van der Waals surface area contributed by atoms with Crippen LogP contribution >= 0.6 is 0 Å². The molecule has 0 spiro atoms. The molecule has 4 aromatic carbocycles. The fraction of sp³-hybridized carbons (Fsp3) is 0.448. The van der Waals surface area contributed by atoms with E-state index in [4.69, 9.17) is 9.47 Å². The molecule has 2 aliphatic heterocycles. The van der Waals surface area contributed by atoms with Crippen LogP contribution in [0.2, 0.25) is 0 Å². The molecule has 2 aliphatic rings. The van der Waals surface area contributed by atoms with Gasteiger partial charge in [-0.2, -0.15) is 0 Å². The van der Waals surface area contributed by atoms with Crippen LogP contribution in [0.5, 0.6) is 0 Å². The standard InChI is InChI=1S/2C16H24O2.2C9H8O2.2C4H8O.2Mo/c2*1-9(2)12-7-13(10(3)4)15(16(17)18)14(8-12)11(5)6;2*1-2-7-3-5-8(6-4-7)9(10)11;2*1-2-4-5-3-1;;/h2*7-11H,1-6H3,(H,17,18);2*2-6H,1H2,(H,10,11);2*1-4H2;;/q;;;;;;2*+2/p-4. The Morgan fingerprint density at radius 2 is 0.643 bits per heavy atom. The Morgan fingerprint density at radius 1 is 0.414 bits per heavy atom. The number of carbonyl (C=O) groups excluding carboxylic acids is 4. The number of rotatable bonds is 12. The fourth-order valence-corrected chi connectivity index (χ4v) is 6.91. The predicted molar refractivity (Wildman–Crippen MR) is 268 cm³/mol. The zero-order valence-corrected chi connectivity index (χ0v) is 47.5. The normalized spacial score (nSPS) is 12.3. The zero-order valence-electron chi connectivity index (χ0n) is 43.5. The van der Waals surface area contributed by atoms with Crippen molar-refractivity contribution in [1.82, 2.24) is 0 Å². The zero-order chi connectivity index (χ0) is 51.7. The van der Waals surface area contributed by atoms with Crippen molar-refractivity contribution in [2.75, 3.05) is 26.4 Å². The maximum atomic E-state index is 11.4. The summed E-state index contributed by atoms with van der Waals surface area (Å²) >= 11 is 0. The van der Waals surface area contributed by atoms with Crippen molar-refractivity contribution in [3.8, 4) is 0 Å². The molecule has 0 aromatic heterocycles. The summed E-state index contributed by atoms with van der Waals surface area (Å²) in [6, 6.07) is 20.8. The van der Waals surface area contributed by atoms with E-state index < -0.39 is 23.9 Å². The maximum absolute atomic E-state index is 11.4. The second-order valence-corrected chi connectivity index (χ2v) is 18.5. The van der Waals surface area contributed by atoms with Gasteiger partial charge in [0.15, 0.2) is 0 Å². The quantitative estimate of drug-likeness (QED) is 0.124. The summed E-state index contributed by atoms with van der Waals surface area (Å²) < 4.78 is 9.89. The molecule has 0 atom stereocenters. The van der Waals surface area contributed by atoms with E-state index in [0.717, 1.165) is 59.8 Å². The SMILES string of the molecule is C1CCOC1.C1CCOC1.C=Cc1ccc(C(=O)[O-])cc1.C=Cc1ccc(C(=O)[O-])cc1.CC(C)c1cc(C(C)C)c(C(=O)[O-])c(C(C)C)c1.CC(C)c1cc(C(C)C)c(C(=O)[O-])c(C(C)C)c1.[Mo+2].[Mo+2]. The topological polar surface area (TPSA) is 179 Å². The van der Waals surface area contributed by atoms with Crippen LogP contribution in [0.25, 0.3) is 12.2 Å². The first-order valence-corrected chi connectivity index (χ1v) is 23.8. The van der Waals surface area contributed by atoms with Crippen molar-refractivity contribution in [2.24, 2.45) is 0 Å². The first-order valence-electron chi connectivity index (χ1n) is 23.8. The van der Waals surface area contributed by atoms with Gasteiger partial charge in [0.1, 0.15) is 0 Å². The molecular formula is C58H76Mo2O10. The molecule has 0 amide bonds. The van der Waals surface area contributed by atoms with Crippen LogP contribution in [0.3, 0.4) is 0 Å². The average Bonchev–Trinajstić information content (AvgIpc) is 4.10. The number of carbonyl (C=O) groups is 4. The number of carboxylic acid groups (broad SMARTS) is 4. The number of hydrogen-bond acceptors (Lipinski definition) is 10. The molecule has 6 rings (SSSR count). The van der Waals surface area contributed by atoms with Gasteiger partial charge in [0.05, 0.1) is 23.9 Å². The largest absolute Gasteiger partial charge is 2.00 e. The van der Waals surface area contributed by atoms with Crippen LogP contribution in [-0.4, -0.2) is 50.3 Å². The molecule has 0 unspecified atom stereocenters. The third kappa shape index (κ3) is 24.1. The maximum Gasteiger partial charge on any atom is 2.00 e. The second kappa shape index (κ2) is 35.6. The van der Waals surface area contributed by atoms with Gasteiger partial charge in [-0.25, -0.2) is 0 Å². The number of carboxylic acids is 4. The van der Waals surface area contributed by atoms with Gasteiger partial charge in [0.2, 0.25) is 0 Å². The minimum absolute atomic E-state index is 0. The van der Waals surface area contributed by atoms with Gasteiger partial charge < -0.3 is 49.1 Å². The molecule has 2 saturated heterocycles. The number of hydrogen-bond donors (Lipinski definition) is 0. The first kappa shape index (κ1) is 67.6. The second-order valence-electron chi connectivity index (χ2n) is 18.5. The third-order valence-corrected chi connectivity index (χ3v) is 11.1. The Kier molecular flexibility index (Phi) is 34.4. The Balaban J connectivity index is 0. The van der Waals surface area contributed by atoms with Gasteiger partial charge in [-0.05, 0) is 117 Å². The molecule has 0 N–H and O–H groups in total. The molecule has 380 valence electrons. The summed E-state index contributed by atoms with van der Waals surface area (Å²) in [7, 11) is 0. The van der Waals surface area contributed by atoms with Crippen LogP contribution in [0.1, 0.15) is 230 Å². The summed E-state index contributed by atoms with van der Waals surface area (Å²) in [5.74, 6) is -2.87. The van der Waals surface area contributed by atoms with Crippen LogP contribution in [-0.2, 0) is 51.6 Å². The van der Waals surface area contributed by atoms with E-state index in [-0.39, 0.29) is 76.9 Å². The Bertz CT molecular complexity index is 1970. The molecule has 0 aliphatic carbocycles. The van der Waals surface area contributed by atoms with Crippen molar-refractivity contribution in [1.29, 1.82) is 0 Å². The number of ether oxygens (including phenoxy) is 2. The molecule has 0 saturated carbocycles. The smallest absolute Gasteiger partial charge is 0.545 e. The van der Waals surface area contributed by atoms with Crippen LogP contribution in [0, 0.1) is 0 Å². The van der Waals surface area contributed by atoms with Gasteiger partial charge in [-0.3, -0.25) is 0 Å². The number of benzene rings is 4. The predicted octanol–water partition coefficient (Wildman–Crippen LogP) is 9.82. The summed E-state index contributed by atoms with van der Waals surface area (Å²) in [6.45, 7) is 35.8. The Hall–Kier alpha value is -4.46. The first-order chi connectivity index (χ1) is 32.0. The van der Waals surface area contributed by atoms with Crippen LogP contribution in [0.4, 0.5) is 0 Å². The minimum Gasteiger partial charge on any atom is -0.545 e. The molecule has 0 bridgehead atoms. The monoisotopic (exact) mass is 1130 g/mol. The van der Waals surface area contributed by atoms with Crippen molar-refractivity contribution in [3.63, 3.8) is 0 Å². The molecule has 12 heteroatoms. The van der Waals surface area contributed by atoms with Gasteiger partial charge in [0.25, 0.3) is 0 Å². The summed E-state index contributed by atoms with van der Waals surface area (Å²) in [5.41, 5.74) is 8.94. The summed E-state index contributed by atoms with van der Waals surface area (Å²) in [6.07, 6.45) is 8.41. The van der Waals surface area contributed by atoms with E-state index in [1.54, 1.807) is 36.4 Å². The van der Waals surface area contributed by atoms with Gasteiger partial charge in [0, 0.05) is 37.6 Å². The average molecular weight is 1130 g/mol. The molecule has 0 radical (unpaired) electrons. The van der Waals surface area contributed by atoms with Gasteiger partial charge in [-0.15, -0.1) is 0 Å². The Morgan fingerprint density at radius 3 is 0.771 bits per heavy atom. The van der Waals surface area contributed by atoms with E-state index in [2.05, 4.69) is 40.9 Å². The van der Waals surface area contributed by atoms with Crippen molar-refractivity contribution >= 4 is 36.0 Å². The summed E-state index contributed by atoms with van der Waals surface area (Å²) in [5, 5.41) is 43.4. The summed E-state index contributed by atoms with van der Waals surface area (Å²) in [4.78, 5) is 43.4. The van der Waals surface area contributed by atoms with E-state index in [0.29, 0.717) is 23.0 Å². The third-order valence-electron chi connectivity index (χ3n) is 11.1. The molecule has 4 aromatic rings. The molecular weight excluding hydrogens is 1050 g/mol. The minimum atomic E-state index is -1.15.